The summed E-state index contributed by atoms with van der Waals surface area (Å²) in [5.41, 5.74) is 1.53. The first-order valence-corrected chi connectivity index (χ1v) is 5.72. The molecule has 1 rings (SSSR count). The van der Waals surface area contributed by atoms with E-state index < -0.39 is 5.54 Å². The zero-order valence-corrected chi connectivity index (χ0v) is 10.9. The molecule has 0 N–H and O–H groups in total. The van der Waals surface area contributed by atoms with Crippen molar-refractivity contribution in [2.24, 2.45) is 0 Å². The fourth-order valence-corrected chi connectivity index (χ4v) is 3.79. The molecule has 0 atom stereocenters. The molecule has 5 heteroatoms. The van der Waals surface area contributed by atoms with Crippen molar-refractivity contribution in [1.29, 1.82) is 0 Å². The smallest absolute Gasteiger partial charge is 0.164 e. The molecule has 0 aliphatic heterocycles. The molecular weight excluding hydrogens is 326 g/mol. The molecule has 0 heterocycles. The predicted molar refractivity (Wildman–Crippen MR) is 63.7 cm³/mol. The van der Waals surface area contributed by atoms with E-state index in [0.717, 1.165) is 20.0 Å². The number of hydrogen-bond acceptors (Lipinski definition) is 0. The molecule has 0 amide bonds. The molecule has 1 aromatic carbocycles. The van der Waals surface area contributed by atoms with Gasteiger partial charge in [-0.15, -0.1) is 0 Å². The number of aryl methyl sites for hydroxylation is 1. The van der Waals surface area contributed by atoms with Crippen LogP contribution in [-0.4, -0.2) is 5.54 Å². The highest BCUT2D eigenvalue weighted by Crippen LogP contribution is 2.20. The summed E-state index contributed by atoms with van der Waals surface area (Å²) in [7, 11) is 0. The number of hydrogen-bond donors (Lipinski definition) is 0. The molecule has 0 unspecified atom stereocenters. The van der Waals surface area contributed by atoms with E-state index in [0.29, 0.717) is 0 Å². The molecule has 12 heavy (non-hydrogen) atoms. The van der Waals surface area contributed by atoms with E-state index in [2.05, 4.69) is 31.9 Å². The van der Waals surface area contributed by atoms with Gasteiger partial charge in [-0.1, -0.05) is 31.9 Å². The summed E-state index contributed by atoms with van der Waals surface area (Å²) >= 11 is 18.3. The maximum Gasteiger partial charge on any atom is 0.385 e. The van der Waals surface area contributed by atoms with Crippen LogP contribution in [0.3, 0.4) is 0 Å². The van der Waals surface area contributed by atoms with Crippen molar-refractivity contribution in [3.05, 3.63) is 26.6 Å². The summed E-state index contributed by atoms with van der Waals surface area (Å²) in [5, 5.41) is 0. The fraction of sp³-hybridized carbons (Fsp3) is 0.143. The first kappa shape index (κ1) is 10.9. The lowest BCUT2D eigenvalue weighted by atomic mass is 9.92. The van der Waals surface area contributed by atoms with Gasteiger partial charge in [0.05, 0.1) is 0 Å². The highest BCUT2D eigenvalue weighted by molar-refractivity contribution is 9.11. The van der Waals surface area contributed by atoms with Gasteiger partial charge in [0, 0.05) is 8.95 Å². The van der Waals surface area contributed by atoms with Crippen molar-refractivity contribution in [1.82, 2.24) is 0 Å². The normalized spacial score (nSPS) is 10.1. The van der Waals surface area contributed by atoms with Crippen LogP contribution in [0.5, 0.6) is 0 Å². The minimum atomic E-state index is -0.505. The molecule has 1 aromatic rings. The lowest BCUT2D eigenvalue weighted by Gasteiger charge is -2.06. The largest absolute Gasteiger partial charge is 0.385 e. The van der Waals surface area contributed by atoms with Crippen molar-refractivity contribution in [3.8, 4) is 0 Å². The van der Waals surface area contributed by atoms with Gasteiger partial charge in [-0.2, -0.15) is 22.9 Å². The van der Waals surface area contributed by atoms with Crippen LogP contribution in [0, 0.1) is 6.92 Å². The van der Waals surface area contributed by atoms with Crippen LogP contribution in [0.1, 0.15) is 5.56 Å². The molecule has 0 aromatic heterocycles. The third-order valence-corrected chi connectivity index (χ3v) is 3.19. The van der Waals surface area contributed by atoms with Crippen molar-refractivity contribution in [3.63, 3.8) is 0 Å². The SMILES string of the molecule is Cc1cc(Br)c(B(Cl)Cl)c(Br)c1. The van der Waals surface area contributed by atoms with E-state index in [1.165, 1.54) is 0 Å². The van der Waals surface area contributed by atoms with Crippen LogP contribution >= 0.6 is 54.8 Å². The van der Waals surface area contributed by atoms with E-state index in [9.17, 15) is 0 Å². The Morgan fingerprint density at radius 3 is 1.92 bits per heavy atom. The highest BCUT2D eigenvalue weighted by Gasteiger charge is 2.17. The molecule has 64 valence electrons. The maximum atomic E-state index is 5.77. The Hall–Kier alpha value is 0.825. The second kappa shape index (κ2) is 4.36. The van der Waals surface area contributed by atoms with E-state index >= 15 is 0 Å². The zero-order valence-electron chi connectivity index (χ0n) is 6.24. The molecule has 0 spiro atoms. The lowest BCUT2D eigenvalue weighted by Crippen LogP contribution is -2.21. The molecule has 0 radical (unpaired) electrons. The van der Waals surface area contributed by atoms with E-state index in [4.69, 9.17) is 22.9 Å². The second-order valence-electron chi connectivity index (χ2n) is 2.44. The Labute approximate surface area is 98.8 Å². The van der Waals surface area contributed by atoms with E-state index in [1.807, 2.05) is 19.1 Å². The molecule has 0 nitrogen and oxygen atoms in total. The summed E-state index contributed by atoms with van der Waals surface area (Å²) in [6, 6.07) is 3.97. The van der Waals surface area contributed by atoms with Crippen LogP contribution in [-0.2, 0) is 0 Å². The second-order valence-corrected chi connectivity index (χ2v) is 5.25. The molecule has 0 aliphatic carbocycles. The average molecular weight is 331 g/mol. The summed E-state index contributed by atoms with van der Waals surface area (Å²) in [4.78, 5) is 0. The van der Waals surface area contributed by atoms with Gasteiger partial charge in [-0.3, -0.25) is 0 Å². The van der Waals surface area contributed by atoms with Crippen molar-refractivity contribution in [2.75, 3.05) is 0 Å². The standard InChI is InChI=1S/C7H5BBr2Cl2/c1-4-2-5(9)7(8(11)12)6(10)3-4/h2-3H,1H3. The third kappa shape index (κ3) is 2.41. The number of rotatable bonds is 1. The lowest BCUT2D eigenvalue weighted by molar-refractivity contribution is 1.45. The summed E-state index contributed by atoms with van der Waals surface area (Å²) in [6.07, 6.45) is 0. The zero-order chi connectivity index (χ0) is 9.30. The van der Waals surface area contributed by atoms with Gasteiger partial charge in [0.1, 0.15) is 0 Å². The number of benzene rings is 1. The average Bonchev–Trinajstić information content (AvgIpc) is 1.82. The van der Waals surface area contributed by atoms with Crippen LogP contribution in [0.4, 0.5) is 0 Å². The summed E-state index contributed by atoms with van der Waals surface area (Å²) in [5.74, 6) is 0. The Morgan fingerprint density at radius 2 is 1.58 bits per heavy atom. The Bertz CT molecular complexity index is 278. The minimum absolute atomic E-state index is 0.505. The molecule has 0 bridgehead atoms. The van der Waals surface area contributed by atoms with Crippen molar-refractivity contribution >= 4 is 65.8 Å². The van der Waals surface area contributed by atoms with Crippen LogP contribution < -0.4 is 5.46 Å². The van der Waals surface area contributed by atoms with Gasteiger partial charge in [-0.05, 0) is 30.1 Å². The Kier molecular flexibility index (Phi) is 3.96. The van der Waals surface area contributed by atoms with Gasteiger partial charge in [0.15, 0.2) is 0 Å². The highest BCUT2D eigenvalue weighted by atomic mass is 79.9. The van der Waals surface area contributed by atoms with Crippen molar-refractivity contribution < 1.29 is 0 Å². The molecule has 0 aliphatic rings. The first-order chi connectivity index (χ1) is 5.52. The van der Waals surface area contributed by atoms with E-state index in [1.54, 1.807) is 0 Å². The molecular formula is C7H5BBr2Cl2. The van der Waals surface area contributed by atoms with Crippen molar-refractivity contribution in [2.45, 2.75) is 6.92 Å². The maximum absolute atomic E-state index is 5.77. The predicted octanol–water partition coefficient (Wildman–Crippen LogP) is 3.69. The van der Waals surface area contributed by atoms with Gasteiger partial charge in [0.2, 0.25) is 0 Å². The molecule has 0 fully saturated rings. The van der Waals surface area contributed by atoms with Gasteiger partial charge in [-0.25, -0.2) is 0 Å². The minimum Gasteiger partial charge on any atom is -0.164 e. The van der Waals surface area contributed by atoms with Gasteiger partial charge >= 0.3 is 5.54 Å². The molecule has 0 saturated heterocycles. The van der Waals surface area contributed by atoms with E-state index in [-0.39, 0.29) is 0 Å². The summed E-state index contributed by atoms with van der Waals surface area (Å²) in [6.45, 7) is 2.01. The first-order valence-electron chi connectivity index (χ1n) is 3.26. The topological polar surface area (TPSA) is 0 Å². The van der Waals surface area contributed by atoms with Crippen LogP contribution in [0.15, 0.2) is 21.1 Å². The number of halogens is 4. The third-order valence-electron chi connectivity index (χ3n) is 1.44. The van der Waals surface area contributed by atoms with Gasteiger partial charge < -0.3 is 0 Å². The summed E-state index contributed by atoms with van der Waals surface area (Å²) < 4.78 is 1.87. The van der Waals surface area contributed by atoms with Crippen LogP contribution in [0.2, 0.25) is 0 Å². The Morgan fingerprint density at radius 1 is 1.17 bits per heavy atom. The molecule has 0 saturated carbocycles. The fourth-order valence-electron chi connectivity index (χ4n) is 0.919. The quantitative estimate of drug-likeness (QED) is 0.689. The Balaban J connectivity index is 3.28. The van der Waals surface area contributed by atoms with Crippen LogP contribution in [0.25, 0.3) is 0 Å². The monoisotopic (exact) mass is 328 g/mol. The van der Waals surface area contributed by atoms with Gasteiger partial charge in [0.25, 0.3) is 0 Å².